The van der Waals surface area contributed by atoms with Gasteiger partial charge in [0.05, 0.1) is 17.7 Å². The number of hydrogen-bond donors (Lipinski definition) is 3. The van der Waals surface area contributed by atoms with Crippen LogP contribution in [0.3, 0.4) is 0 Å². The average molecular weight is 338 g/mol. The van der Waals surface area contributed by atoms with E-state index in [1.54, 1.807) is 6.20 Å². The smallest absolute Gasteiger partial charge is 0.226 e. The summed E-state index contributed by atoms with van der Waals surface area (Å²) < 4.78 is 5.64. The first-order chi connectivity index (χ1) is 12.2. The Morgan fingerprint density at radius 2 is 2.16 bits per heavy atom. The summed E-state index contributed by atoms with van der Waals surface area (Å²) in [6.07, 6.45) is 4.17. The molecule has 130 valence electrons. The zero-order valence-electron chi connectivity index (χ0n) is 14.5. The summed E-state index contributed by atoms with van der Waals surface area (Å²) in [7, 11) is 0. The number of fused-ring (bicyclic) bond motifs is 1. The van der Waals surface area contributed by atoms with E-state index in [1.807, 2.05) is 0 Å². The molecule has 4 rings (SSSR count). The van der Waals surface area contributed by atoms with Crippen molar-refractivity contribution >= 4 is 28.5 Å². The third kappa shape index (κ3) is 3.41. The van der Waals surface area contributed by atoms with Gasteiger partial charge in [-0.3, -0.25) is 5.10 Å². The highest BCUT2D eigenvalue weighted by molar-refractivity contribution is 5.89. The third-order valence-corrected chi connectivity index (χ3v) is 4.59. The van der Waals surface area contributed by atoms with Gasteiger partial charge in [0.2, 0.25) is 5.95 Å². The van der Waals surface area contributed by atoms with Crippen LogP contribution in [0.25, 0.3) is 11.0 Å². The van der Waals surface area contributed by atoms with E-state index in [-0.39, 0.29) is 6.10 Å². The number of anilines is 3. The number of nitrogens with zero attached hydrogens (tertiary/aromatic N) is 3. The molecule has 2 aromatic heterocycles. The van der Waals surface area contributed by atoms with Crippen LogP contribution in [0, 0.1) is 13.8 Å². The molecule has 1 atom stereocenters. The molecule has 7 nitrogen and oxygen atoms in total. The number of benzene rings is 1. The van der Waals surface area contributed by atoms with E-state index < -0.39 is 0 Å². The third-order valence-electron chi connectivity index (χ3n) is 4.59. The van der Waals surface area contributed by atoms with Crippen LogP contribution in [-0.2, 0) is 4.74 Å². The van der Waals surface area contributed by atoms with Gasteiger partial charge in [0, 0.05) is 18.8 Å². The van der Waals surface area contributed by atoms with Crippen molar-refractivity contribution in [3.05, 3.63) is 35.5 Å². The predicted octanol–water partition coefficient (Wildman–Crippen LogP) is 3.30. The highest BCUT2D eigenvalue weighted by atomic mass is 16.5. The van der Waals surface area contributed by atoms with Gasteiger partial charge in [0.25, 0.3) is 0 Å². The van der Waals surface area contributed by atoms with E-state index in [9.17, 15) is 0 Å². The van der Waals surface area contributed by atoms with Gasteiger partial charge >= 0.3 is 0 Å². The maximum Gasteiger partial charge on any atom is 0.226 e. The fourth-order valence-electron chi connectivity index (χ4n) is 2.98. The maximum atomic E-state index is 5.64. The molecule has 3 aromatic rings. The lowest BCUT2D eigenvalue weighted by Crippen LogP contribution is -2.19. The van der Waals surface area contributed by atoms with Crippen molar-refractivity contribution in [1.29, 1.82) is 0 Å². The van der Waals surface area contributed by atoms with Gasteiger partial charge in [-0.1, -0.05) is 6.07 Å². The lowest BCUT2D eigenvalue weighted by atomic mass is 10.1. The summed E-state index contributed by atoms with van der Waals surface area (Å²) >= 11 is 0. The minimum absolute atomic E-state index is 0.234. The topological polar surface area (TPSA) is 87.8 Å². The van der Waals surface area contributed by atoms with Crippen molar-refractivity contribution in [1.82, 2.24) is 20.2 Å². The Kier molecular flexibility index (Phi) is 4.23. The summed E-state index contributed by atoms with van der Waals surface area (Å²) in [4.78, 5) is 9.13. The molecule has 1 aromatic carbocycles. The summed E-state index contributed by atoms with van der Waals surface area (Å²) in [6.45, 7) is 5.75. The number of nitrogens with one attached hydrogen (secondary N) is 3. The van der Waals surface area contributed by atoms with Crippen molar-refractivity contribution in [2.75, 3.05) is 23.8 Å². The Bertz CT molecular complexity index is 884. The lowest BCUT2D eigenvalue weighted by molar-refractivity contribution is 0.120. The van der Waals surface area contributed by atoms with Gasteiger partial charge in [0.15, 0.2) is 5.65 Å². The quantitative estimate of drug-likeness (QED) is 0.661. The second kappa shape index (κ2) is 6.68. The van der Waals surface area contributed by atoms with E-state index in [1.165, 1.54) is 11.1 Å². The fourth-order valence-corrected chi connectivity index (χ4v) is 2.98. The first-order valence-electron chi connectivity index (χ1n) is 8.60. The Morgan fingerprint density at radius 3 is 2.96 bits per heavy atom. The number of rotatable bonds is 5. The van der Waals surface area contributed by atoms with Crippen LogP contribution in [-0.4, -0.2) is 39.4 Å². The molecule has 3 N–H and O–H groups in total. The Morgan fingerprint density at radius 1 is 1.24 bits per heavy atom. The van der Waals surface area contributed by atoms with E-state index >= 15 is 0 Å². The highest BCUT2D eigenvalue weighted by Gasteiger charge is 2.16. The van der Waals surface area contributed by atoms with Crippen LogP contribution in [0.4, 0.5) is 17.5 Å². The first kappa shape index (κ1) is 15.8. The van der Waals surface area contributed by atoms with Crippen LogP contribution in [0.5, 0.6) is 0 Å². The van der Waals surface area contributed by atoms with Crippen molar-refractivity contribution < 1.29 is 4.74 Å². The van der Waals surface area contributed by atoms with Gasteiger partial charge < -0.3 is 15.4 Å². The molecule has 1 saturated heterocycles. The van der Waals surface area contributed by atoms with Gasteiger partial charge in [-0.05, 0) is 49.9 Å². The van der Waals surface area contributed by atoms with Gasteiger partial charge in [-0.15, -0.1) is 0 Å². The standard InChI is InChI=1S/C18H22N6O/c1-11-5-6-13(8-12(11)2)21-16-15-10-20-24-17(15)23-18(22-16)19-9-14-4-3-7-25-14/h5-6,8,10,14H,3-4,7,9H2,1-2H3,(H3,19,20,21,22,23,24)/t14-/m1/s1. The highest BCUT2D eigenvalue weighted by Crippen LogP contribution is 2.25. The van der Waals surface area contributed by atoms with Crippen LogP contribution < -0.4 is 10.6 Å². The molecule has 1 fully saturated rings. The number of hydrogen-bond acceptors (Lipinski definition) is 6. The fraction of sp³-hybridized carbons (Fsp3) is 0.389. The zero-order chi connectivity index (χ0) is 17.2. The summed E-state index contributed by atoms with van der Waals surface area (Å²) in [5.41, 5.74) is 4.20. The van der Waals surface area contributed by atoms with Gasteiger partial charge in [-0.2, -0.15) is 15.1 Å². The second-order valence-electron chi connectivity index (χ2n) is 6.47. The number of aromatic nitrogens is 4. The molecule has 0 saturated carbocycles. The zero-order valence-corrected chi connectivity index (χ0v) is 14.5. The molecule has 0 radical (unpaired) electrons. The molecule has 3 heterocycles. The molecule has 0 amide bonds. The molecular weight excluding hydrogens is 316 g/mol. The van der Waals surface area contributed by atoms with E-state index in [4.69, 9.17) is 4.74 Å². The molecule has 7 heteroatoms. The molecule has 25 heavy (non-hydrogen) atoms. The second-order valence-corrected chi connectivity index (χ2v) is 6.47. The molecule has 1 aliphatic heterocycles. The lowest BCUT2D eigenvalue weighted by Gasteiger charge is -2.13. The van der Waals surface area contributed by atoms with Crippen LogP contribution >= 0.6 is 0 Å². The SMILES string of the molecule is Cc1ccc(Nc2nc(NC[C@H]3CCCO3)nc3[nH]ncc23)cc1C. The van der Waals surface area contributed by atoms with Crippen LogP contribution in [0.2, 0.25) is 0 Å². The van der Waals surface area contributed by atoms with E-state index in [0.29, 0.717) is 18.1 Å². The van der Waals surface area contributed by atoms with Crippen molar-refractivity contribution in [2.24, 2.45) is 0 Å². The summed E-state index contributed by atoms with van der Waals surface area (Å²) in [5, 5.41) is 14.5. The average Bonchev–Trinajstić information content (AvgIpc) is 3.27. The Labute approximate surface area is 146 Å². The number of H-pyrrole nitrogens is 1. The van der Waals surface area contributed by atoms with Crippen molar-refractivity contribution in [2.45, 2.75) is 32.8 Å². The first-order valence-corrected chi connectivity index (χ1v) is 8.60. The normalized spacial score (nSPS) is 17.1. The molecule has 0 spiro atoms. The number of aryl methyl sites for hydroxylation is 2. The minimum atomic E-state index is 0.234. The summed E-state index contributed by atoms with van der Waals surface area (Å²) in [6, 6.07) is 6.26. The number of aromatic amines is 1. The van der Waals surface area contributed by atoms with Crippen molar-refractivity contribution in [3.8, 4) is 0 Å². The summed E-state index contributed by atoms with van der Waals surface area (Å²) in [5.74, 6) is 1.30. The molecule has 0 bridgehead atoms. The largest absolute Gasteiger partial charge is 0.376 e. The van der Waals surface area contributed by atoms with Gasteiger partial charge in [0.1, 0.15) is 5.82 Å². The van der Waals surface area contributed by atoms with E-state index in [0.717, 1.165) is 36.3 Å². The van der Waals surface area contributed by atoms with E-state index in [2.05, 4.69) is 62.8 Å². The van der Waals surface area contributed by atoms with Gasteiger partial charge in [-0.25, -0.2) is 0 Å². The number of ether oxygens (including phenoxy) is 1. The molecule has 1 aliphatic rings. The van der Waals surface area contributed by atoms with Crippen molar-refractivity contribution in [3.63, 3.8) is 0 Å². The predicted molar refractivity (Wildman–Crippen MR) is 98.3 cm³/mol. The molecular formula is C18H22N6O. The molecule has 0 aliphatic carbocycles. The molecule has 0 unspecified atom stereocenters. The Hall–Kier alpha value is -2.67. The monoisotopic (exact) mass is 338 g/mol. The minimum Gasteiger partial charge on any atom is -0.376 e. The van der Waals surface area contributed by atoms with Crippen LogP contribution in [0.1, 0.15) is 24.0 Å². The maximum absolute atomic E-state index is 5.64. The van der Waals surface area contributed by atoms with Crippen LogP contribution in [0.15, 0.2) is 24.4 Å². The Balaban J connectivity index is 1.59.